The van der Waals surface area contributed by atoms with Crippen molar-refractivity contribution in [3.63, 3.8) is 0 Å². The second-order valence-electron chi connectivity index (χ2n) is 11.2. The van der Waals surface area contributed by atoms with Crippen LogP contribution >= 0.6 is 0 Å². The van der Waals surface area contributed by atoms with Gasteiger partial charge in [0.25, 0.3) is 0 Å². The molecule has 0 spiro atoms. The first-order valence-corrected chi connectivity index (χ1v) is 12.8. The highest BCUT2D eigenvalue weighted by atomic mass is 16.5. The van der Waals surface area contributed by atoms with Crippen molar-refractivity contribution in [3.05, 3.63) is 75.3 Å². The fourth-order valence-electron chi connectivity index (χ4n) is 5.19. The van der Waals surface area contributed by atoms with Gasteiger partial charge in [-0.2, -0.15) is 0 Å². The predicted molar refractivity (Wildman–Crippen MR) is 149 cm³/mol. The van der Waals surface area contributed by atoms with Gasteiger partial charge in [-0.15, -0.1) is 0 Å². The summed E-state index contributed by atoms with van der Waals surface area (Å²) in [7, 11) is 0. The van der Waals surface area contributed by atoms with E-state index in [-0.39, 0.29) is 5.91 Å². The molecule has 0 fully saturated rings. The van der Waals surface area contributed by atoms with Crippen molar-refractivity contribution in [1.29, 1.82) is 0 Å². The monoisotopic (exact) mass is 499 g/mol. The lowest BCUT2D eigenvalue weighted by Crippen LogP contribution is -2.30. The number of carbonyl (C=O) groups is 2. The molecule has 2 N–H and O–H groups in total. The average molecular weight is 500 g/mol. The molecule has 0 aliphatic carbocycles. The highest BCUT2D eigenvalue weighted by Gasteiger charge is 2.36. The zero-order valence-electron chi connectivity index (χ0n) is 23.1. The Bertz CT molecular complexity index is 1410. The Balaban J connectivity index is 2.17. The summed E-state index contributed by atoms with van der Waals surface area (Å²) in [6.07, 6.45) is -0.444. The van der Waals surface area contributed by atoms with E-state index < -0.39 is 17.7 Å². The summed E-state index contributed by atoms with van der Waals surface area (Å²) in [6, 6.07) is 12.6. The molecule has 194 valence electrons. The number of rotatable bonds is 5. The van der Waals surface area contributed by atoms with Gasteiger partial charge in [0.1, 0.15) is 0 Å². The van der Waals surface area contributed by atoms with Crippen LogP contribution in [0.4, 0.5) is 5.69 Å². The van der Waals surface area contributed by atoms with Crippen LogP contribution in [0.3, 0.4) is 0 Å². The quantitative estimate of drug-likeness (QED) is 0.384. The van der Waals surface area contributed by atoms with Crippen LogP contribution in [0.5, 0.6) is 0 Å². The van der Waals surface area contributed by atoms with Crippen LogP contribution in [0.2, 0.25) is 0 Å². The van der Waals surface area contributed by atoms with Gasteiger partial charge >= 0.3 is 5.97 Å². The molecular formula is C32H37NO4. The van der Waals surface area contributed by atoms with Crippen LogP contribution in [0.15, 0.2) is 36.4 Å². The van der Waals surface area contributed by atoms with Crippen LogP contribution < -0.4 is 5.32 Å². The van der Waals surface area contributed by atoms with Crippen molar-refractivity contribution in [2.45, 2.75) is 79.9 Å². The van der Waals surface area contributed by atoms with Gasteiger partial charge in [-0.3, -0.25) is 4.79 Å². The van der Waals surface area contributed by atoms with E-state index in [2.05, 4.69) is 69.4 Å². The molecule has 37 heavy (non-hydrogen) atoms. The molecule has 5 heteroatoms. The second-order valence-corrected chi connectivity index (χ2v) is 11.2. The Hall–Kier alpha value is -3.44. The molecule has 0 radical (unpaired) electrons. The summed E-state index contributed by atoms with van der Waals surface area (Å²) in [5, 5.41) is 13.6. The molecule has 1 amide bonds. The number of hydrogen-bond donors (Lipinski definition) is 2. The topological polar surface area (TPSA) is 75.6 Å². The average Bonchev–Trinajstić information content (AvgIpc) is 2.80. The highest BCUT2D eigenvalue weighted by Crippen LogP contribution is 2.48. The number of nitrogens with one attached hydrogen (secondary N) is 1. The van der Waals surface area contributed by atoms with Crippen molar-refractivity contribution in [3.8, 4) is 22.3 Å². The number of anilines is 1. The Labute approximate surface area is 219 Å². The maximum atomic E-state index is 12.8. The van der Waals surface area contributed by atoms with Crippen LogP contribution in [0, 0.1) is 34.6 Å². The van der Waals surface area contributed by atoms with Crippen LogP contribution in [-0.4, -0.2) is 22.6 Å². The highest BCUT2D eigenvalue weighted by molar-refractivity contribution is 6.03. The van der Waals surface area contributed by atoms with Crippen molar-refractivity contribution in [2.75, 3.05) is 5.32 Å². The van der Waals surface area contributed by atoms with Crippen molar-refractivity contribution in [1.82, 2.24) is 0 Å². The minimum atomic E-state index is -1.19. The molecule has 1 unspecified atom stereocenters. The van der Waals surface area contributed by atoms with Gasteiger partial charge in [0.05, 0.1) is 11.3 Å². The molecule has 3 aromatic rings. The van der Waals surface area contributed by atoms with E-state index >= 15 is 0 Å². The molecule has 1 aliphatic heterocycles. The fraction of sp³-hybridized carbons (Fsp3) is 0.375. The summed E-state index contributed by atoms with van der Waals surface area (Å²) < 4.78 is 6.22. The first kappa shape index (κ1) is 26.6. The lowest BCUT2D eigenvalue weighted by Gasteiger charge is -2.33. The van der Waals surface area contributed by atoms with Gasteiger partial charge in [-0.25, -0.2) is 4.79 Å². The predicted octanol–water partition coefficient (Wildman–Crippen LogP) is 7.39. The third kappa shape index (κ3) is 5.19. The number of aliphatic carboxylic acids is 1. The normalized spacial score (nSPS) is 14.2. The van der Waals surface area contributed by atoms with Gasteiger partial charge in [0, 0.05) is 17.5 Å². The smallest absolute Gasteiger partial charge is 0.337 e. The van der Waals surface area contributed by atoms with Crippen molar-refractivity contribution < 1.29 is 19.4 Å². The minimum absolute atomic E-state index is 0.0644. The first-order valence-electron chi connectivity index (χ1n) is 12.8. The zero-order valence-corrected chi connectivity index (χ0v) is 23.1. The number of carboxylic acid groups (broad SMARTS) is 1. The molecule has 0 aromatic heterocycles. The van der Waals surface area contributed by atoms with Gasteiger partial charge < -0.3 is 15.2 Å². The Morgan fingerprint density at radius 2 is 1.41 bits per heavy atom. The minimum Gasteiger partial charge on any atom is -0.479 e. The zero-order chi connectivity index (χ0) is 27.2. The molecule has 4 rings (SSSR count). The van der Waals surface area contributed by atoms with Crippen LogP contribution in [0.1, 0.15) is 72.2 Å². The van der Waals surface area contributed by atoms with E-state index in [0.29, 0.717) is 24.1 Å². The molecule has 0 saturated carbocycles. The maximum Gasteiger partial charge on any atom is 0.337 e. The summed E-state index contributed by atoms with van der Waals surface area (Å²) in [6.45, 7) is 15.9. The molecule has 1 atom stereocenters. The Morgan fingerprint density at radius 3 is 1.89 bits per heavy atom. The molecule has 1 heterocycles. The van der Waals surface area contributed by atoms with E-state index in [0.717, 1.165) is 44.5 Å². The van der Waals surface area contributed by atoms with Crippen molar-refractivity contribution >= 4 is 17.6 Å². The summed E-state index contributed by atoms with van der Waals surface area (Å²) >= 11 is 0. The number of hydrogen-bond acceptors (Lipinski definition) is 3. The summed E-state index contributed by atoms with van der Waals surface area (Å²) in [5.74, 6) is -1.11. The van der Waals surface area contributed by atoms with Gasteiger partial charge in [-0.1, -0.05) is 36.4 Å². The van der Waals surface area contributed by atoms with Gasteiger partial charge in [0.15, 0.2) is 6.10 Å². The molecule has 0 bridgehead atoms. The van der Waals surface area contributed by atoms with Gasteiger partial charge in [0.2, 0.25) is 5.91 Å². The summed E-state index contributed by atoms with van der Waals surface area (Å²) in [4.78, 5) is 25.4. The fourth-order valence-corrected chi connectivity index (χ4v) is 5.19. The lowest BCUT2D eigenvalue weighted by molar-refractivity contribution is -0.160. The number of amides is 1. The van der Waals surface area contributed by atoms with E-state index in [9.17, 15) is 14.7 Å². The third-order valence-corrected chi connectivity index (χ3v) is 7.31. The molecule has 5 nitrogen and oxygen atoms in total. The Morgan fingerprint density at radius 1 is 0.865 bits per heavy atom. The van der Waals surface area contributed by atoms with Gasteiger partial charge in [-0.05, 0) is 112 Å². The molecular weight excluding hydrogens is 462 g/mol. The third-order valence-electron chi connectivity index (χ3n) is 7.31. The maximum absolute atomic E-state index is 12.8. The first-order chi connectivity index (χ1) is 17.3. The van der Waals surface area contributed by atoms with Crippen LogP contribution in [0.25, 0.3) is 22.3 Å². The van der Waals surface area contributed by atoms with E-state index in [1.807, 2.05) is 27.7 Å². The SMILES string of the molecule is Cc1ccc(-c2c(C)c(-c3ccc(C)c(C)c3)c(C(OC(C)(C)C)C(=O)O)c3c2NC(=O)CC3)cc1C. The number of ether oxygens (including phenoxy) is 1. The Kier molecular flexibility index (Phi) is 7.04. The second kappa shape index (κ2) is 9.79. The number of carboxylic acids is 1. The number of carbonyl (C=O) groups excluding carboxylic acids is 1. The largest absolute Gasteiger partial charge is 0.479 e. The van der Waals surface area contributed by atoms with E-state index in [4.69, 9.17) is 4.74 Å². The molecule has 0 saturated heterocycles. The van der Waals surface area contributed by atoms with E-state index in [1.165, 1.54) is 11.1 Å². The lowest BCUT2D eigenvalue weighted by atomic mass is 9.79. The molecule has 1 aliphatic rings. The van der Waals surface area contributed by atoms with E-state index in [1.54, 1.807) is 0 Å². The number of aryl methyl sites for hydroxylation is 4. The number of fused-ring (bicyclic) bond motifs is 1. The van der Waals surface area contributed by atoms with Crippen molar-refractivity contribution in [2.24, 2.45) is 0 Å². The number of benzene rings is 3. The standard InChI is InChI=1S/C32H37NO4/c1-17-9-11-22(15-19(17)3)26-21(5)27(23-12-10-18(2)20(4)16-23)29-24(13-14-25(34)33-29)28(26)30(31(35)36)37-32(6,7)8/h9-12,15-16,30H,13-14H2,1-8H3,(H,33,34)(H,35,36). The molecule has 3 aromatic carbocycles. The van der Waals surface area contributed by atoms with Crippen LogP contribution in [-0.2, 0) is 20.7 Å². The summed E-state index contributed by atoms with van der Waals surface area (Å²) in [5.41, 5.74) is 10.8.